The first kappa shape index (κ1) is 26.2. The Morgan fingerprint density at radius 2 is 1.78 bits per heavy atom. The average Bonchev–Trinajstić information content (AvgIpc) is 3.25. The van der Waals surface area contributed by atoms with Crippen molar-refractivity contribution in [3.05, 3.63) is 33.4 Å². The maximum atomic E-state index is 13.2. The molecule has 5 aliphatic rings. The molecule has 0 radical (unpaired) electrons. The Morgan fingerprint density at radius 1 is 1.00 bits per heavy atom. The lowest BCUT2D eigenvalue weighted by Crippen LogP contribution is -2.60. The van der Waals surface area contributed by atoms with E-state index in [0.717, 1.165) is 42.1 Å². The molecule has 0 aromatic heterocycles. The van der Waals surface area contributed by atoms with Crippen LogP contribution in [0.3, 0.4) is 0 Å². The van der Waals surface area contributed by atoms with E-state index in [9.17, 15) is 9.59 Å². The summed E-state index contributed by atoms with van der Waals surface area (Å²) < 4.78 is 20.1. The second-order valence-corrected chi connectivity index (χ2v) is 14.8. The van der Waals surface area contributed by atoms with E-state index in [0.29, 0.717) is 29.2 Å². The minimum absolute atomic E-state index is 0.00435. The molecule has 202 valence electrons. The molecule has 0 bridgehead atoms. The molecular weight excluding hydrogens is 579 g/mol. The number of carbonyl (C=O) groups is 2. The lowest BCUT2D eigenvalue weighted by atomic mass is 9.44. The quantitative estimate of drug-likeness (QED) is 0.271. The summed E-state index contributed by atoms with van der Waals surface area (Å²) in [4.78, 5) is 26.1. The standard InChI is InChI=1S/C31H41IO5/c1-18(33)31-26(36-28(2,3)37-31)17-25-23-10-9-20-16-22(35-27(34)19-7-6-8-21(32)15-19)11-13-29(20,4)24(23)12-14-30(25,31)5/h6-8,15,20,22-26H,9-14,16-17H2,1-5H3/t20-,22-,23-,24+,25-,26-,29+,30+,31-/m1/s1. The monoisotopic (exact) mass is 620 g/mol. The van der Waals surface area contributed by atoms with Crippen LogP contribution in [0.5, 0.6) is 0 Å². The molecule has 4 aliphatic carbocycles. The summed E-state index contributed by atoms with van der Waals surface area (Å²) in [5.41, 5.74) is -0.0847. The third-order valence-electron chi connectivity index (χ3n) is 11.5. The molecule has 0 unspecified atom stereocenters. The Morgan fingerprint density at radius 3 is 2.51 bits per heavy atom. The maximum Gasteiger partial charge on any atom is 0.338 e. The molecule has 0 N–H and O–H groups in total. The fourth-order valence-electron chi connectivity index (χ4n) is 9.91. The predicted molar refractivity (Wildman–Crippen MR) is 149 cm³/mol. The van der Waals surface area contributed by atoms with Crippen molar-refractivity contribution < 1.29 is 23.8 Å². The molecule has 9 atom stereocenters. The molecule has 1 saturated heterocycles. The van der Waals surface area contributed by atoms with E-state index < -0.39 is 11.4 Å². The van der Waals surface area contributed by atoms with Gasteiger partial charge in [-0.15, -0.1) is 0 Å². The zero-order valence-electron chi connectivity index (χ0n) is 22.8. The smallest absolute Gasteiger partial charge is 0.338 e. The van der Waals surface area contributed by atoms with Crippen molar-refractivity contribution in [2.24, 2.45) is 34.5 Å². The van der Waals surface area contributed by atoms with Crippen molar-refractivity contribution in [1.29, 1.82) is 0 Å². The minimum Gasteiger partial charge on any atom is -0.459 e. The van der Waals surface area contributed by atoms with Gasteiger partial charge in [-0.05, 0) is 142 Å². The number of esters is 1. The first-order valence-corrected chi connectivity index (χ1v) is 15.3. The molecule has 37 heavy (non-hydrogen) atoms. The lowest BCUT2D eigenvalue weighted by molar-refractivity contribution is -0.219. The molecule has 6 heteroatoms. The number of fused-ring (bicyclic) bond motifs is 7. The van der Waals surface area contributed by atoms with Gasteiger partial charge in [0.2, 0.25) is 0 Å². The Labute approximate surface area is 234 Å². The van der Waals surface area contributed by atoms with E-state index in [4.69, 9.17) is 14.2 Å². The first-order valence-electron chi connectivity index (χ1n) is 14.3. The lowest BCUT2D eigenvalue weighted by Gasteiger charge is -2.61. The Balaban J connectivity index is 1.19. The van der Waals surface area contributed by atoms with Gasteiger partial charge in [0.1, 0.15) is 6.10 Å². The number of hydrogen-bond acceptors (Lipinski definition) is 5. The number of ketones is 1. The number of carbonyl (C=O) groups excluding carboxylic acids is 2. The third kappa shape index (κ3) is 3.81. The number of rotatable bonds is 3. The van der Waals surface area contributed by atoms with Gasteiger partial charge in [0, 0.05) is 8.99 Å². The van der Waals surface area contributed by atoms with Gasteiger partial charge in [0.05, 0.1) is 11.7 Å². The number of Topliss-reactive ketones (excluding diaryl/α,β-unsaturated/α-hetero) is 1. The Bertz CT molecular complexity index is 1120. The SMILES string of the molecule is CC(=O)[C@@]12OC(C)(C)O[C@@H]1C[C@@H]1[C@@H]3CC[C@@H]4C[C@H](OC(=O)c5cccc(I)c5)CC[C@]4(C)[C@H]3CC[C@@]12C. The first-order chi connectivity index (χ1) is 17.4. The van der Waals surface area contributed by atoms with E-state index in [-0.39, 0.29) is 34.8 Å². The van der Waals surface area contributed by atoms with E-state index >= 15 is 0 Å². The largest absolute Gasteiger partial charge is 0.459 e. The molecule has 1 heterocycles. The summed E-state index contributed by atoms with van der Waals surface area (Å²) in [5.74, 6) is 1.51. The Kier molecular flexibility index (Phi) is 6.21. The van der Waals surface area contributed by atoms with Gasteiger partial charge in [0.15, 0.2) is 17.2 Å². The third-order valence-corrected chi connectivity index (χ3v) is 12.1. The van der Waals surface area contributed by atoms with Crippen molar-refractivity contribution >= 4 is 34.3 Å². The van der Waals surface area contributed by atoms with Crippen molar-refractivity contribution in [2.45, 2.75) is 110 Å². The number of benzene rings is 1. The van der Waals surface area contributed by atoms with Crippen molar-refractivity contribution in [3.8, 4) is 0 Å². The molecule has 1 aliphatic heterocycles. The second-order valence-electron chi connectivity index (χ2n) is 13.6. The molecule has 5 nitrogen and oxygen atoms in total. The highest BCUT2D eigenvalue weighted by molar-refractivity contribution is 14.1. The van der Waals surface area contributed by atoms with Crippen LogP contribution in [0.25, 0.3) is 0 Å². The zero-order valence-corrected chi connectivity index (χ0v) is 25.0. The maximum absolute atomic E-state index is 13.2. The van der Waals surface area contributed by atoms with Crippen molar-refractivity contribution in [3.63, 3.8) is 0 Å². The number of halogens is 1. The summed E-state index contributed by atoms with van der Waals surface area (Å²) in [5, 5.41) is 0. The molecule has 0 spiro atoms. The fourth-order valence-corrected chi connectivity index (χ4v) is 10.5. The van der Waals surface area contributed by atoms with E-state index in [1.807, 2.05) is 38.1 Å². The summed E-state index contributed by atoms with van der Waals surface area (Å²) in [6.45, 7) is 10.5. The van der Waals surface area contributed by atoms with Crippen LogP contribution >= 0.6 is 22.6 Å². The zero-order chi connectivity index (χ0) is 26.4. The normalized spacial score (nSPS) is 45.8. The highest BCUT2D eigenvalue weighted by Crippen LogP contribution is 2.71. The van der Waals surface area contributed by atoms with Gasteiger partial charge in [0.25, 0.3) is 0 Å². The number of hydrogen-bond donors (Lipinski definition) is 0. The highest BCUT2D eigenvalue weighted by atomic mass is 127. The topological polar surface area (TPSA) is 61.8 Å². The van der Waals surface area contributed by atoms with Crippen LogP contribution in [0.2, 0.25) is 0 Å². The van der Waals surface area contributed by atoms with Gasteiger partial charge in [-0.2, -0.15) is 0 Å². The van der Waals surface area contributed by atoms with E-state index in [2.05, 4.69) is 36.4 Å². The molecule has 5 fully saturated rings. The van der Waals surface area contributed by atoms with Crippen LogP contribution in [0.4, 0.5) is 0 Å². The molecule has 1 aromatic carbocycles. The second kappa shape index (κ2) is 8.76. The highest BCUT2D eigenvalue weighted by Gasteiger charge is 2.75. The fraction of sp³-hybridized carbons (Fsp3) is 0.742. The predicted octanol–water partition coefficient (Wildman–Crippen LogP) is 6.95. The van der Waals surface area contributed by atoms with Crippen LogP contribution in [0, 0.1) is 38.1 Å². The Hall–Kier alpha value is -0.990. The van der Waals surface area contributed by atoms with Crippen LogP contribution in [-0.4, -0.2) is 35.3 Å². The molecule has 1 aromatic rings. The molecular formula is C31H41IO5. The van der Waals surface area contributed by atoms with Crippen molar-refractivity contribution in [1.82, 2.24) is 0 Å². The summed E-state index contributed by atoms with van der Waals surface area (Å²) in [6, 6.07) is 7.66. The minimum atomic E-state index is -0.814. The van der Waals surface area contributed by atoms with Crippen molar-refractivity contribution in [2.75, 3.05) is 0 Å². The molecule has 4 saturated carbocycles. The van der Waals surface area contributed by atoms with Gasteiger partial charge in [-0.3, -0.25) is 4.79 Å². The van der Waals surface area contributed by atoms with Gasteiger partial charge >= 0.3 is 5.97 Å². The van der Waals surface area contributed by atoms with Gasteiger partial charge in [-0.25, -0.2) is 4.79 Å². The molecule has 6 rings (SSSR count). The van der Waals surface area contributed by atoms with Crippen LogP contribution in [0.1, 0.15) is 96.3 Å². The van der Waals surface area contributed by atoms with Crippen LogP contribution in [-0.2, 0) is 19.0 Å². The van der Waals surface area contributed by atoms with Gasteiger partial charge in [-0.1, -0.05) is 19.9 Å². The van der Waals surface area contributed by atoms with Crippen LogP contribution in [0.15, 0.2) is 24.3 Å². The van der Waals surface area contributed by atoms with Crippen LogP contribution < -0.4 is 0 Å². The molecule has 0 amide bonds. The van der Waals surface area contributed by atoms with E-state index in [1.165, 1.54) is 12.8 Å². The van der Waals surface area contributed by atoms with Gasteiger partial charge < -0.3 is 14.2 Å². The van der Waals surface area contributed by atoms with E-state index in [1.54, 1.807) is 6.92 Å². The summed E-state index contributed by atoms with van der Waals surface area (Å²) in [6.07, 6.45) is 8.32. The average molecular weight is 621 g/mol. The summed E-state index contributed by atoms with van der Waals surface area (Å²) >= 11 is 2.24. The number of ether oxygens (including phenoxy) is 3. The summed E-state index contributed by atoms with van der Waals surface area (Å²) in [7, 11) is 0.